The Balaban J connectivity index is 2.24. The molecule has 2 atom stereocenters. The van der Waals surface area contributed by atoms with Crippen molar-refractivity contribution in [3.8, 4) is 0 Å². The molecule has 2 aliphatic rings. The lowest BCUT2D eigenvalue weighted by Crippen LogP contribution is -2.54. The van der Waals surface area contributed by atoms with Crippen LogP contribution in [0.15, 0.2) is 0 Å². The first-order valence-corrected chi connectivity index (χ1v) is 6.51. The van der Waals surface area contributed by atoms with Crippen LogP contribution in [0.4, 0.5) is 0 Å². The third-order valence-electron chi connectivity index (χ3n) is 3.38. The summed E-state index contributed by atoms with van der Waals surface area (Å²) in [5.74, 6) is -0.164. The van der Waals surface area contributed by atoms with Crippen molar-refractivity contribution in [1.29, 1.82) is 0 Å². The topological polar surface area (TPSA) is 58.6 Å². The van der Waals surface area contributed by atoms with Gasteiger partial charge in [0.05, 0.1) is 16.1 Å². The minimum atomic E-state index is -0.773. The van der Waals surface area contributed by atoms with Gasteiger partial charge in [0, 0.05) is 12.2 Å². The molecule has 2 fully saturated rings. The SMILES string of the molecule is CC1(C)CC2(N[C@@H](C(=O)O)CS2)C(C)(C)O1. The maximum absolute atomic E-state index is 11.0. The van der Waals surface area contributed by atoms with Gasteiger partial charge in [-0.15, -0.1) is 11.8 Å². The van der Waals surface area contributed by atoms with E-state index in [1.165, 1.54) is 0 Å². The Morgan fingerprint density at radius 2 is 2.06 bits per heavy atom. The molecule has 2 heterocycles. The summed E-state index contributed by atoms with van der Waals surface area (Å²) in [7, 11) is 0. The highest BCUT2D eigenvalue weighted by Gasteiger charge is 2.61. The first-order valence-electron chi connectivity index (χ1n) is 5.52. The standard InChI is InChI=1S/C11H19NO3S/c1-9(2)6-11(10(3,4)15-9)12-7(5-16-11)8(13)14/h7,12H,5-6H2,1-4H3,(H,13,14)/t7-,11?/m1/s1. The predicted molar refractivity (Wildman–Crippen MR) is 63.6 cm³/mol. The van der Waals surface area contributed by atoms with Gasteiger partial charge in [0.15, 0.2) is 0 Å². The molecular formula is C11H19NO3S. The Bertz CT molecular complexity index is 329. The highest BCUT2D eigenvalue weighted by Crippen LogP contribution is 2.53. The van der Waals surface area contributed by atoms with E-state index in [0.29, 0.717) is 5.75 Å². The van der Waals surface area contributed by atoms with E-state index in [2.05, 4.69) is 19.2 Å². The number of carboxylic acid groups (broad SMARTS) is 1. The zero-order valence-electron chi connectivity index (χ0n) is 10.2. The lowest BCUT2D eigenvalue weighted by atomic mass is 9.93. The molecule has 5 heteroatoms. The van der Waals surface area contributed by atoms with Crippen molar-refractivity contribution in [2.45, 2.75) is 56.2 Å². The molecule has 2 rings (SSSR count). The summed E-state index contributed by atoms with van der Waals surface area (Å²) < 4.78 is 6.03. The molecular weight excluding hydrogens is 226 g/mol. The number of thioether (sulfide) groups is 1. The molecule has 0 aromatic rings. The molecule has 2 saturated heterocycles. The van der Waals surface area contributed by atoms with Crippen molar-refractivity contribution in [2.24, 2.45) is 0 Å². The van der Waals surface area contributed by atoms with E-state index in [-0.39, 0.29) is 16.1 Å². The minimum Gasteiger partial charge on any atom is -0.480 e. The van der Waals surface area contributed by atoms with Crippen LogP contribution >= 0.6 is 11.8 Å². The third kappa shape index (κ3) is 1.75. The van der Waals surface area contributed by atoms with E-state index >= 15 is 0 Å². The van der Waals surface area contributed by atoms with Crippen molar-refractivity contribution in [2.75, 3.05) is 5.75 Å². The third-order valence-corrected chi connectivity index (χ3v) is 5.13. The summed E-state index contributed by atoms with van der Waals surface area (Å²) >= 11 is 1.68. The lowest BCUT2D eigenvalue weighted by molar-refractivity contribution is -0.139. The Hall–Kier alpha value is -0.260. The van der Waals surface area contributed by atoms with Gasteiger partial charge >= 0.3 is 5.97 Å². The van der Waals surface area contributed by atoms with Crippen molar-refractivity contribution >= 4 is 17.7 Å². The number of hydrogen-bond acceptors (Lipinski definition) is 4. The minimum absolute atomic E-state index is 0.198. The average molecular weight is 245 g/mol. The van der Waals surface area contributed by atoms with Crippen molar-refractivity contribution in [3.05, 3.63) is 0 Å². The Morgan fingerprint density at radius 3 is 2.44 bits per heavy atom. The summed E-state index contributed by atoms with van der Waals surface area (Å²) in [6.45, 7) is 8.18. The molecule has 2 N–H and O–H groups in total. The number of carboxylic acids is 1. The molecule has 2 aliphatic heterocycles. The molecule has 92 valence electrons. The van der Waals surface area contributed by atoms with Gasteiger partial charge in [-0.1, -0.05) is 0 Å². The number of carbonyl (C=O) groups is 1. The molecule has 4 nitrogen and oxygen atoms in total. The molecule has 0 aromatic heterocycles. The van der Waals surface area contributed by atoms with Gasteiger partial charge in [-0.2, -0.15) is 0 Å². The van der Waals surface area contributed by atoms with Crippen molar-refractivity contribution < 1.29 is 14.6 Å². The number of ether oxygens (including phenoxy) is 1. The number of aliphatic carboxylic acids is 1. The highest BCUT2D eigenvalue weighted by molar-refractivity contribution is 8.01. The van der Waals surface area contributed by atoms with Crippen molar-refractivity contribution in [1.82, 2.24) is 5.32 Å². The van der Waals surface area contributed by atoms with Crippen LogP contribution in [-0.4, -0.2) is 38.9 Å². The van der Waals surface area contributed by atoms with Gasteiger partial charge in [0.25, 0.3) is 0 Å². The first kappa shape index (κ1) is 12.2. The van der Waals surface area contributed by atoms with E-state index in [1.54, 1.807) is 11.8 Å². The van der Waals surface area contributed by atoms with E-state index in [9.17, 15) is 4.79 Å². The van der Waals surface area contributed by atoms with E-state index in [4.69, 9.17) is 9.84 Å². The zero-order valence-corrected chi connectivity index (χ0v) is 11.0. The van der Waals surface area contributed by atoms with E-state index in [1.807, 2.05) is 13.8 Å². The Labute approximate surface area is 100 Å². The summed E-state index contributed by atoms with van der Waals surface area (Å²) in [6.07, 6.45) is 0.835. The maximum atomic E-state index is 11.0. The van der Waals surface area contributed by atoms with Crippen LogP contribution < -0.4 is 5.32 Å². The first-order chi connectivity index (χ1) is 7.18. The Kier molecular flexibility index (Phi) is 2.57. The molecule has 0 saturated carbocycles. The smallest absolute Gasteiger partial charge is 0.321 e. The summed E-state index contributed by atoms with van der Waals surface area (Å²) in [5, 5.41) is 12.3. The fourth-order valence-electron chi connectivity index (χ4n) is 2.79. The average Bonchev–Trinajstić information content (AvgIpc) is 2.53. The molecule has 16 heavy (non-hydrogen) atoms. The molecule has 0 radical (unpaired) electrons. The van der Waals surface area contributed by atoms with Gasteiger partial charge in [0.1, 0.15) is 6.04 Å². The van der Waals surface area contributed by atoms with Gasteiger partial charge in [0.2, 0.25) is 0 Å². The van der Waals surface area contributed by atoms with Gasteiger partial charge in [-0.25, -0.2) is 0 Å². The zero-order chi connectivity index (χ0) is 12.2. The summed E-state index contributed by atoms with van der Waals surface area (Å²) in [6, 6.07) is -0.457. The number of hydrogen-bond donors (Lipinski definition) is 2. The molecule has 1 spiro atoms. The quantitative estimate of drug-likeness (QED) is 0.732. The van der Waals surface area contributed by atoms with E-state index < -0.39 is 12.0 Å². The maximum Gasteiger partial charge on any atom is 0.321 e. The van der Waals surface area contributed by atoms with Crippen LogP contribution in [0.1, 0.15) is 34.1 Å². The lowest BCUT2D eigenvalue weighted by Gasteiger charge is -2.36. The second kappa shape index (κ2) is 3.37. The molecule has 0 amide bonds. The van der Waals surface area contributed by atoms with E-state index in [0.717, 1.165) is 6.42 Å². The van der Waals surface area contributed by atoms with Crippen LogP contribution in [0.25, 0.3) is 0 Å². The van der Waals surface area contributed by atoms with Gasteiger partial charge in [-0.3, -0.25) is 10.1 Å². The van der Waals surface area contributed by atoms with Crippen LogP contribution in [0, 0.1) is 0 Å². The molecule has 1 unspecified atom stereocenters. The fraction of sp³-hybridized carbons (Fsp3) is 0.909. The molecule has 0 bridgehead atoms. The summed E-state index contributed by atoms with van der Waals surface area (Å²) in [4.78, 5) is 10.7. The Morgan fingerprint density at radius 1 is 1.44 bits per heavy atom. The van der Waals surface area contributed by atoms with Gasteiger partial charge < -0.3 is 9.84 Å². The second-order valence-corrected chi connectivity index (χ2v) is 7.04. The van der Waals surface area contributed by atoms with Crippen LogP contribution in [0.2, 0.25) is 0 Å². The van der Waals surface area contributed by atoms with Gasteiger partial charge in [-0.05, 0) is 27.7 Å². The largest absolute Gasteiger partial charge is 0.480 e. The highest BCUT2D eigenvalue weighted by atomic mass is 32.2. The second-order valence-electron chi connectivity index (χ2n) is 5.72. The van der Waals surface area contributed by atoms with Crippen LogP contribution in [0.5, 0.6) is 0 Å². The van der Waals surface area contributed by atoms with Crippen LogP contribution in [-0.2, 0) is 9.53 Å². The molecule has 0 aliphatic carbocycles. The number of rotatable bonds is 1. The van der Waals surface area contributed by atoms with Crippen LogP contribution in [0.3, 0.4) is 0 Å². The molecule has 0 aromatic carbocycles. The number of nitrogens with one attached hydrogen (secondary N) is 1. The predicted octanol–water partition coefficient (Wildman–Crippen LogP) is 1.45. The summed E-state index contributed by atoms with van der Waals surface area (Å²) in [5.41, 5.74) is -0.539. The monoisotopic (exact) mass is 245 g/mol. The fourth-order valence-corrected chi connectivity index (χ4v) is 4.54. The van der Waals surface area contributed by atoms with Crippen molar-refractivity contribution in [3.63, 3.8) is 0 Å². The normalized spacial score (nSPS) is 40.4.